The maximum absolute atomic E-state index is 12.4. The van der Waals surface area contributed by atoms with Crippen LogP contribution in [0, 0.1) is 20.8 Å². The predicted molar refractivity (Wildman–Crippen MR) is 125 cm³/mol. The Morgan fingerprint density at radius 3 is 2.42 bits per heavy atom. The Bertz CT molecular complexity index is 1150. The van der Waals surface area contributed by atoms with E-state index in [1.807, 2.05) is 18.5 Å². The van der Waals surface area contributed by atoms with Gasteiger partial charge in [0.25, 0.3) is 0 Å². The van der Waals surface area contributed by atoms with Crippen molar-refractivity contribution >= 4 is 40.9 Å². The number of nitrogens with one attached hydrogen (secondary N) is 2. The fourth-order valence-electron chi connectivity index (χ4n) is 3.20. The van der Waals surface area contributed by atoms with E-state index in [9.17, 15) is 9.59 Å². The van der Waals surface area contributed by atoms with Gasteiger partial charge in [0.1, 0.15) is 0 Å². The van der Waals surface area contributed by atoms with Crippen molar-refractivity contribution in [3.63, 3.8) is 0 Å². The van der Waals surface area contributed by atoms with Crippen molar-refractivity contribution in [1.29, 1.82) is 0 Å². The molecule has 0 aliphatic rings. The first-order valence-electron chi connectivity index (χ1n) is 9.88. The molecule has 31 heavy (non-hydrogen) atoms. The molecule has 3 aromatic rings. The lowest BCUT2D eigenvalue weighted by atomic mass is 10.1. The van der Waals surface area contributed by atoms with Crippen molar-refractivity contribution in [3.05, 3.63) is 81.6 Å². The topological polar surface area (TPSA) is 76.0 Å². The first-order valence-corrected chi connectivity index (χ1v) is 10.3. The van der Waals surface area contributed by atoms with Gasteiger partial charge in [0.15, 0.2) is 0 Å². The molecule has 0 atom stereocenters. The van der Waals surface area contributed by atoms with Crippen LogP contribution in [0.4, 0.5) is 11.4 Å². The van der Waals surface area contributed by atoms with Gasteiger partial charge in [0.2, 0.25) is 11.8 Å². The summed E-state index contributed by atoms with van der Waals surface area (Å²) < 4.78 is 1.94. The molecule has 0 bridgehead atoms. The molecule has 2 amide bonds. The van der Waals surface area contributed by atoms with E-state index in [4.69, 9.17) is 11.6 Å². The molecule has 1 heterocycles. The van der Waals surface area contributed by atoms with E-state index >= 15 is 0 Å². The van der Waals surface area contributed by atoms with Crippen LogP contribution in [0.1, 0.15) is 35.0 Å². The zero-order valence-electron chi connectivity index (χ0n) is 18.0. The number of carbonyl (C=O) groups is 2. The summed E-state index contributed by atoms with van der Waals surface area (Å²) in [5.74, 6) is -0.497. The lowest BCUT2D eigenvalue weighted by Gasteiger charge is -2.08. The van der Waals surface area contributed by atoms with E-state index in [1.54, 1.807) is 24.3 Å². The monoisotopic (exact) mass is 436 g/mol. The SMILES string of the molecule is CC(=O)Nc1ccc(NC(=O)/C=C/c2c(C)nn(Cc3ccc(C)cc3)c2C)c(Cl)c1. The number of anilines is 2. The molecule has 0 unspecified atom stereocenters. The third-order valence-corrected chi connectivity index (χ3v) is 5.15. The van der Waals surface area contributed by atoms with E-state index in [0.29, 0.717) is 22.9 Å². The summed E-state index contributed by atoms with van der Waals surface area (Å²) in [4.78, 5) is 23.5. The van der Waals surface area contributed by atoms with Gasteiger partial charge in [0, 0.05) is 29.9 Å². The van der Waals surface area contributed by atoms with E-state index in [2.05, 4.69) is 46.9 Å². The van der Waals surface area contributed by atoms with E-state index in [1.165, 1.54) is 24.1 Å². The second-order valence-corrected chi connectivity index (χ2v) is 7.83. The van der Waals surface area contributed by atoms with Crippen molar-refractivity contribution in [2.45, 2.75) is 34.2 Å². The molecule has 0 saturated carbocycles. The molecule has 0 aliphatic heterocycles. The molecule has 6 nitrogen and oxygen atoms in total. The second-order valence-electron chi connectivity index (χ2n) is 7.43. The van der Waals surface area contributed by atoms with Gasteiger partial charge < -0.3 is 10.6 Å². The van der Waals surface area contributed by atoms with Crippen molar-refractivity contribution < 1.29 is 9.59 Å². The fraction of sp³-hybridized carbons (Fsp3) is 0.208. The van der Waals surface area contributed by atoms with Gasteiger partial charge in [-0.2, -0.15) is 5.10 Å². The molecule has 2 aromatic carbocycles. The Morgan fingerprint density at radius 1 is 1.06 bits per heavy atom. The van der Waals surface area contributed by atoms with Gasteiger partial charge in [-0.25, -0.2) is 0 Å². The van der Waals surface area contributed by atoms with Crippen molar-refractivity contribution in [1.82, 2.24) is 9.78 Å². The molecule has 2 N–H and O–H groups in total. The van der Waals surface area contributed by atoms with Crippen LogP contribution in [0.25, 0.3) is 6.08 Å². The third-order valence-electron chi connectivity index (χ3n) is 4.84. The molecule has 160 valence electrons. The van der Waals surface area contributed by atoms with Gasteiger partial charge in [-0.05, 0) is 50.6 Å². The number of halogens is 1. The first kappa shape index (κ1) is 22.3. The lowest BCUT2D eigenvalue weighted by molar-refractivity contribution is -0.114. The summed E-state index contributed by atoms with van der Waals surface area (Å²) in [6.07, 6.45) is 3.23. The van der Waals surface area contributed by atoms with Crippen LogP contribution in [0.2, 0.25) is 5.02 Å². The van der Waals surface area contributed by atoms with E-state index < -0.39 is 0 Å². The summed E-state index contributed by atoms with van der Waals surface area (Å²) in [7, 11) is 0. The third kappa shape index (κ3) is 5.83. The minimum atomic E-state index is -0.306. The number of amides is 2. The molecule has 0 spiro atoms. The zero-order chi connectivity index (χ0) is 22.5. The Hall–Kier alpha value is -3.38. The number of benzene rings is 2. The number of hydrogen-bond donors (Lipinski definition) is 2. The Labute approximate surface area is 186 Å². The van der Waals surface area contributed by atoms with Crippen LogP contribution in [0.3, 0.4) is 0 Å². The minimum absolute atomic E-state index is 0.190. The first-order chi connectivity index (χ1) is 14.7. The quantitative estimate of drug-likeness (QED) is 0.526. The highest BCUT2D eigenvalue weighted by molar-refractivity contribution is 6.34. The van der Waals surface area contributed by atoms with Gasteiger partial charge in [-0.3, -0.25) is 14.3 Å². The lowest BCUT2D eigenvalue weighted by Crippen LogP contribution is -2.09. The minimum Gasteiger partial charge on any atom is -0.326 e. The second kappa shape index (κ2) is 9.62. The molecule has 3 rings (SSSR count). The number of nitrogens with zero attached hydrogens (tertiary/aromatic N) is 2. The maximum Gasteiger partial charge on any atom is 0.248 e. The highest BCUT2D eigenvalue weighted by Gasteiger charge is 2.11. The zero-order valence-corrected chi connectivity index (χ0v) is 18.7. The smallest absolute Gasteiger partial charge is 0.248 e. The highest BCUT2D eigenvalue weighted by Crippen LogP contribution is 2.25. The molecule has 0 radical (unpaired) electrons. The molecule has 0 fully saturated rings. The normalized spacial score (nSPS) is 11.0. The van der Waals surface area contributed by atoms with E-state index in [-0.39, 0.29) is 11.8 Å². The number of hydrogen-bond acceptors (Lipinski definition) is 3. The number of aromatic nitrogens is 2. The summed E-state index contributed by atoms with van der Waals surface area (Å²) in [5.41, 5.74) is 6.17. The Kier molecular flexibility index (Phi) is 6.92. The van der Waals surface area contributed by atoms with Crippen molar-refractivity contribution in [3.8, 4) is 0 Å². The van der Waals surface area contributed by atoms with Gasteiger partial charge in [-0.1, -0.05) is 41.4 Å². The fourth-order valence-corrected chi connectivity index (χ4v) is 3.43. The van der Waals surface area contributed by atoms with Crippen LogP contribution in [-0.4, -0.2) is 21.6 Å². The largest absolute Gasteiger partial charge is 0.326 e. The van der Waals surface area contributed by atoms with Crippen LogP contribution in [0.5, 0.6) is 0 Å². The summed E-state index contributed by atoms with van der Waals surface area (Å²) in [6.45, 7) is 8.06. The molecular weight excluding hydrogens is 412 g/mol. The standard InChI is InChI=1S/C24H25ClN4O2/c1-15-5-7-19(8-6-15)14-29-17(3)21(16(2)28-29)10-12-24(31)27-23-11-9-20(13-22(23)25)26-18(4)30/h5-13H,14H2,1-4H3,(H,26,30)(H,27,31)/b12-10+. The van der Waals surface area contributed by atoms with Gasteiger partial charge in [-0.15, -0.1) is 0 Å². The van der Waals surface area contributed by atoms with Crippen molar-refractivity contribution in [2.24, 2.45) is 0 Å². The summed E-state index contributed by atoms with van der Waals surface area (Å²) in [6, 6.07) is 13.3. The average molecular weight is 437 g/mol. The summed E-state index contributed by atoms with van der Waals surface area (Å²) in [5, 5.41) is 10.4. The number of carbonyl (C=O) groups excluding carboxylic acids is 2. The Morgan fingerprint density at radius 2 is 1.77 bits per heavy atom. The van der Waals surface area contributed by atoms with Crippen LogP contribution in [-0.2, 0) is 16.1 Å². The van der Waals surface area contributed by atoms with Crippen LogP contribution >= 0.6 is 11.6 Å². The number of aryl methyl sites for hydroxylation is 2. The Balaban J connectivity index is 1.70. The maximum atomic E-state index is 12.4. The van der Waals surface area contributed by atoms with E-state index in [0.717, 1.165) is 17.0 Å². The molecule has 7 heteroatoms. The van der Waals surface area contributed by atoms with Crippen LogP contribution in [0.15, 0.2) is 48.5 Å². The highest BCUT2D eigenvalue weighted by atomic mass is 35.5. The molecule has 0 aliphatic carbocycles. The van der Waals surface area contributed by atoms with Gasteiger partial charge in [0.05, 0.1) is 22.9 Å². The molecule has 0 saturated heterocycles. The van der Waals surface area contributed by atoms with Crippen molar-refractivity contribution in [2.75, 3.05) is 10.6 Å². The summed E-state index contributed by atoms with van der Waals surface area (Å²) >= 11 is 6.21. The predicted octanol–water partition coefficient (Wildman–Crippen LogP) is 5.12. The average Bonchev–Trinajstić information content (AvgIpc) is 2.96. The number of rotatable bonds is 6. The van der Waals surface area contributed by atoms with Gasteiger partial charge >= 0.3 is 0 Å². The molecule has 1 aromatic heterocycles. The van der Waals surface area contributed by atoms with Crippen LogP contribution < -0.4 is 10.6 Å². The molecular formula is C24H25ClN4O2.